The molecule has 1 saturated heterocycles. The summed E-state index contributed by atoms with van der Waals surface area (Å²) in [5.41, 5.74) is 1.94. The summed E-state index contributed by atoms with van der Waals surface area (Å²) in [7, 11) is 0. The van der Waals surface area contributed by atoms with Crippen molar-refractivity contribution < 1.29 is 22.7 Å². The van der Waals surface area contributed by atoms with Gasteiger partial charge in [0.05, 0.1) is 18.8 Å². The number of halogens is 3. The van der Waals surface area contributed by atoms with Crippen LogP contribution in [0.25, 0.3) is 0 Å². The molecule has 5 nitrogen and oxygen atoms in total. The van der Waals surface area contributed by atoms with Crippen LogP contribution in [0.2, 0.25) is 0 Å². The van der Waals surface area contributed by atoms with Crippen LogP contribution in [0.4, 0.5) is 13.2 Å². The first-order valence-corrected chi connectivity index (χ1v) is 9.67. The van der Waals surface area contributed by atoms with E-state index < -0.39 is 11.7 Å². The molecule has 1 fully saturated rings. The van der Waals surface area contributed by atoms with Crippen molar-refractivity contribution in [2.45, 2.75) is 26.6 Å². The predicted molar refractivity (Wildman–Crippen MR) is 104 cm³/mol. The molecule has 1 N–H and O–H groups in total. The number of rotatable bonds is 6. The largest absolute Gasteiger partial charge is 0.416 e. The van der Waals surface area contributed by atoms with Crippen LogP contribution in [0.1, 0.15) is 32.9 Å². The van der Waals surface area contributed by atoms with E-state index in [0.717, 1.165) is 43.0 Å². The smallest absolute Gasteiger partial charge is 0.379 e. The zero-order chi connectivity index (χ0) is 21.0. The summed E-state index contributed by atoms with van der Waals surface area (Å²) in [6.45, 7) is 8.24. The monoisotopic (exact) mass is 409 g/mol. The van der Waals surface area contributed by atoms with Crippen molar-refractivity contribution in [3.05, 3.63) is 58.4 Å². The molecule has 1 aliphatic rings. The fourth-order valence-corrected chi connectivity index (χ4v) is 3.62. The first-order chi connectivity index (χ1) is 13.8. The van der Waals surface area contributed by atoms with Crippen molar-refractivity contribution in [3.63, 3.8) is 0 Å². The topological polar surface area (TPSA) is 46.5 Å². The van der Waals surface area contributed by atoms with Crippen molar-refractivity contribution in [2.24, 2.45) is 0 Å². The maximum Gasteiger partial charge on any atom is 0.416 e. The molecule has 0 aliphatic carbocycles. The van der Waals surface area contributed by atoms with Gasteiger partial charge in [0.1, 0.15) is 5.69 Å². The third kappa shape index (κ3) is 5.39. The van der Waals surface area contributed by atoms with E-state index in [9.17, 15) is 18.0 Å². The van der Waals surface area contributed by atoms with Crippen LogP contribution >= 0.6 is 0 Å². The molecule has 3 rings (SSSR count). The lowest BCUT2D eigenvalue weighted by Crippen LogP contribution is -2.41. The van der Waals surface area contributed by atoms with E-state index in [1.165, 1.54) is 6.07 Å². The lowest BCUT2D eigenvalue weighted by atomic mass is 10.1. The molecule has 29 heavy (non-hydrogen) atoms. The Hall–Kier alpha value is -2.32. The Balaban J connectivity index is 1.71. The van der Waals surface area contributed by atoms with Crippen LogP contribution in [-0.4, -0.2) is 54.8 Å². The molecule has 1 amide bonds. The third-order valence-electron chi connectivity index (χ3n) is 5.12. The van der Waals surface area contributed by atoms with Gasteiger partial charge in [-0.2, -0.15) is 13.2 Å². The van der Waals surface area contributed by atoms with E-state index in [1.807, 2.05) is 19.9 Å². The minimum atomic E-state index is -4.39. The number of amides is 1. The maximum absolute atomic E-state index is 13.0. The number of carbonyl (C=O) groups excluding carboxylic acids is 1. The number of morpholine rings is 1. The highest BCUT2D eigenvalue weighted by Gasteiger charge is 2.30. The molecule has 158 valence electrons. The summed E-state index contributed by atoms with van der Waals surface area (Å²) in [6.07, 6.45) is -4.39. The van der Waals surface area contributed by atoms with Crippen molar-refractivity contribution in [3.8, 4) is 0 Å². The molecule has 0 unspecified atom stereocenters. The molecule has 0 saturated carbocycles. The average molecular weight is 409 g/mol. The molecule has 2 aromatic rings. The van der Waals surface area contributed by atoms with Gasteiger partial charge in [-0.15, -0.1) is 0 Å². The molecule has 0 radical (unpaired) electrons. The fourth-order valence-electron chi connectivity index (χ4n) is 3.62. The summed E-state index contributed by atoms with van der Waals surface area (Å²) >= 11 is 0. The number of hydrogen-bond donors (Lipinski definition) is 1. The minimum Gasteiger partial charge on any atom is -0.379 e. The lowest BCUT2D eigenvalue weighted by molar-refractivity contribution is -0.137. The van der Waals surface area contributed by atoms with Gasteiger partial charge in [-0.1, -0.05) is 12.1 Å². The normalized spacial score (nSPS) is 15.5. The van der Waals surface area contributed by atoms with Gasteiger partial charge >= 0.3 is 6.18 Å². The first kappa shape index (κ1) is 21.4. The Morgan fingerprint density at radius 3 is 2.59 bits per heavy atom. The highest BCUT2D eigenvalue weighted by Crippen LogP contribution is 2.30. The van der Waals surface area contributed by atoms with Gasteiger partial charge in [-0.25, -0.2) is 0 Å². The summed E-state index contributed by atoms with van der Waals surface area (Å²) in [4.78, 5) is 15.0. The van der Waals surface area contributed by atoms with Crippen LogP contribution in [0.15, 0.2) is 30.3 Å². The second kappa shape index (κ2) is 9.00. The van der Waals surface area contributed by atoms with Crippen LogP contribution in [0.3, 0.4) is 0 Å². The second-order valence-corrected chi connectivity index (χ2v) is 7.31. The zero-order valence-electron chi connectivity index (χ0n) is 16.7. The maximum atomic E-state index is 13.0. The quantitative estimate of drug-likeness (QED) is 0.797. The van der Waals surface area contributed by atoms with Gasteiger partial charge in [-0.3, -0.25) is 9.69 Å². The Bertz CT molecular complexity index is 855. The van der Waals surface area contributed by atoms with E-state index in [1.54, 1.807) is 10.6 Å². The number of nitrogens with zero attached hydrogens (tertiary/aromatic N) is 2. The van der Waals surface area contributed by atoms with Crippen molar-refractivity contribution >= 4 is 5.91 Å². The molecule has 0 spiro atoms. The van der Waals surface area contributed by atoms with Gasteiger partial charge in [0.2, 0.25) is 0 Å². The predicted octanol–water partition coefficient (Wildman–Crippen LogP) is 3.23. The number of alkyl halides is 3. The number of aryl methyl sites for hydroxylation is 2. The Morgan fingerprint density at radius 1 is 1.17 bits per heavy atom. The number of hydrogen-bond acceptors (Lipinski definition) is 3. The van der Waals surface area contributed by atoms with Crippen LogP contribution < -0.4 is 5.32 Å². The van der Waals surface area contributed by atoms with Crippen molar-refractivity contribution in [2.75, 3.05) is 39.4 Å². The van der Waals surface area contributed by atoms with Gasteiger partial charge in [0, 0.05) is 38.4 Å². The van der Waals surface area contributed by atoms with E-state index in [0.29, 0.717) is 31.0 Å². The summed E-state index contributed by atoms with van der Waals surface area (Å²) in [5, 5.41) is 2.94. The van der Waals surface area contributed by atoms with Crippen LogP contribution in [-0.2, 0) is 17.5 Å². The highest BCUT2D eigenvalue weighted by molar-refractivity contribution is 5.94. The molecule has 1 aromatic heterocycles. The third-order valence-corrected chi connectivity index (χ3v) is 5.12. The second-order valence-electron chi connectivity index (χ2n) is 7.31. The SMILES string of the molecule is Cc1cc(C)n(Cc2cccc(C(F)(F)F)c2)c1C(=O)NCCN1CCOCC1. The molecule has 1 aliphatic heterocycles. The molecule has 0 bridgehead atoms. The molecule has 1 aromatic carbocycles. The van der Waals surface area contributed by atoms with E-state index in [-0.39, 0.29) is 12.5 Å². The van der Waals surface area contributed by atoms with Gasteiger partial charge in [0.15, 0.2) is 0 Å². The molecule has 0 atom stereocenters. The Kier molecular flexibility index (Phi) is 6.64. The standard InChI is InChI=1S/C21H26F3N3O2/c1-15-12-16(2)27(14-17-4-3-5-18(13-17)21(22,23)24)19(15)20(28)25-6-7-26-8-10-29-11-9-26/h3-5,12-13H,6-11,14H2,1-2H3,(H,25,28). The Morgan fingerprint density at radius 2 is 1.90 bits per heavy atom. The first-order valence-electron chi connectivity index (χ1n) is 9.67. The summed E-state index contributed by atoms with van der Waals surface area (Å²) in [6, 6.07) is 7.10. The molecular weight excluding hydrogens is 383 g/mol. The van der Waals surface area contributed by atoms with E-state index in [4.69, 9.17) is 4.74 Å². The number of aromatic nitrogens is 1. The van der Waals surface area contributed by atoms with Crippen LogP contribution in [0, 0.1) is 13.8 Å². The number of benzene rings is 1. The number of nitrogens with one attached hydrogen (secondary N) is 1. The van der Waals surface area contributed by atoms with E-state index in [2.05, 4.69) is 10.2 Å². The minimum absolute atomic E-state index is 0.204. The molecule has 2 heterocycles. The number of ether oxygens (including phenoxy) is 1. The highest BCUT2D eigenvalue weighted by atomic mass is 19.4. The van der Waals surface area contributed by atoms with Gasteiger partial charge in [0.25, 0.3) is 5.91 Å². The van der Waals surface area contributed by atoms with Crippen molar-refractivity contribution in [1.82, 2.24) is 14.8 Å². The lowest BCUT2D eigenvalue weighted by Gasteiger charge is -2.26. The zero-order valence-corrected chi connectivity index (χ0v) is 16.7. The van der Waals surface area contributed by atoms with Crippen molar-refractivity contribution in [1.29, 1.82) is 0 Å². The van der Waals surface area contributed by atoms with Gasteiger partial charge < -0.3 is 14.6 Å². The number of carbonyl (C=O) groups is 1. The Labute approximate surface area is 168 Å². The summed E-state index contributed by atoms with van der Waals surface area (Å²) in [5.74, 6) is -0.212. The van der Waals surface area contributed by atoms with Crippen LogP contribution in [0.5, 0.6) is 0 Å². The van der Waals surface area contributed by atoms with Gasteiger partial charge in [-0.05, 0) is 43.2 Å². The summed E-state index contributed by atoms with van der Waals surface area (Å²) < 4.78 is 46.1. The molecule has 8 heteroatoms. The van der Waals surface area contributed by atoms with E-state index >= 15 is 0 Å². The molecular formula is C21H26F3N3O2. The average Bonchev–Trinajstić information content (AvgIpc) is 2.95. The fraction of sp³-hybridized carbons (Fsp3) is 0.476.